The maximum absolute atomic E-state index is 12.4. The highest BCUT2D eigenvalue weighted by atomic mass is 16.3. The summed E-state index contributed by atoms with van der Waals surface area (Å²) in [5.41, 5.74) is 0.437. The van der Waals surface area contributed by atoms with E-state index in [1.165, 1.54) is 0 Å². The van der Waals surface area contributed by atoms with Crippen molar-refractivity contribution >= 4 is 11.8 Å². The molecule has 0 aromatic heterocycles. The van der Waals surface area contributed by atoms with Crippen molar-refractivity contribution < 1.29 is 14.7 Å². The molecule has 132 valence electrons. The van der Waals surface area contributed by atoms with Crippen molar-refractivity contribution in [1.29, 1.82) is 0 Å². The average molecular weight is 332 g/mol. The van der Waals surface area contributed by atoms with Crippen LogP contribution in [-0.4, -0.2) is 47.6 Å². The number of likely N-dealkylation sites (tertiary alicyclic amines) is 1. The lowest BCUT2D eigenvalue weighted by molar-refractivity contribution is -0.127. The third-order valence-electron chi connectivity index (χ3n) is 4.64. The van der Waals surface area contributed by atoms with Crippen molar-refractivity contribution in [3.63, 3.8) is 0 Å². The maximum atomic E-state index is 12.4. The van der Waals surface area contributed by atoms with E-state index in [-0.39, 0.29) is 29.7 Å². The van der Waals surface area contributed by atoms with Gasteiger partial charge in [-0.1, -0.05) is 39.0 Å². The van der Waals surface area contributed by atoms with Crippen molar-refractivity contribution in [2.45, 2.75) is 39.7 Å². The lowest BCUT2D eigenvalue weighted by Crippen LogP contribution is -2.45. The summed E-state index contributed by atoms with van der Waals surface area (Å²) >= 11 is 0. The molecule has 1 heterocycles. The van der Waals surface area contributed by atoms with E-state index in [0.717, 1.165) is 0 Å². The van der Waals surface area contributed by atoms with E-state index >= 15 is 0 Å². The van der Waals surface area contributed by atoms with Crippen molar-refractivity contribution in [2.24, 2.45) is 11.3 Å². The number of rotatable bonds is 4. The van der Waals surface area contributed by atoms with Crippen molar-refractivity contribution in [3.8, 4) is 0 Å². The standard InChI is InChI=1S/C19H28N2O3/c1-19(2,3)16(22)13-20-17(23)14-9-11-21(12-10-14)18(24)15-7-5-4-6-8-15/h4-8,14,16,22H,9-13H2,1-3H3,(H,20,23). The molecule has 0 saturated carbocycles. The minimum atomic E-state index is -0.568. The molecule has 1 aromatic rings. The molecule has 5 nitrogen and oxygen atoms in total. The summed E-state index contributed by atoms with van der Waals surface area (Å²) in [5, 5.41) is 12.8. The molecule has 2 amide bonds. The monoisotopic (exact) mass is 332 g/mol. The number of piperidine rings is 1. The van der Waals surface area contributed by atoms with Crippen LogP contribution >= 0.6 is 0 Å². The van der Waals surface area contributed by atoms with Gasteiger partial charge in [0.15, 0.2) is 0 Å². The van der Waals surface area contributed by atoms with Crippen LogP contribution in [0, 0.1) is 11.3 Å². The Morgan fingerprint density at radius 2 is 1.79 bits per heavy atom. The van der Waals surface area contributed by atoms with Gasteiger partial charge in [-0.25, -0.2) is 0 Å². The number of aliphatic hydroxyl groups is 1. The largest absolute Gasteiger partial charge is 0.391 e. The van der Waals surface area contributed by atoms with Crippen LogP contribution in [0.3, 0.4) is 0 Å². The van der Waals surface area contributed by atoms with Crippen molar-refractivity contribution in [2.75, 3.05) is 19.6 Å². The quantitative estimate of drug-likeness (QED) is 0.887. The minimum Gasteiger partial charge on any atom is -0.391 e. The normalized spacial score (nSPS) is 17.4. The molecular weight excluding hydrogens is 304 g/mol. The van der Waals surface area contributed by atoms with E-state index in [1.807, 2.05) is 56.0 Å². The molecule has 5 heteroatoms. The molecule has 1 saturated heterocycles. The summed E-state index contributed by atoms with van der Waals surface area (Å²) in [6.07, 6.45) is 0.757. The summed E-state index contributed by atoms with van der Waals surface area (Å²) < 4.78 is 0. The summed E-state index contributed by atoms with van der Waals surface area (Å²) in [5.74, 6) is -0.0836. The van der Waals surface area contributed by atoms with E-state index in [2.05, 4.69) is 5.32 Å². The van der Waals surface area contributed by atoms with Crippen LogP contribution in [0.2, 0.25) is 0 Å². The zero-order valence-electron chi connectivity index (χ0n) is 14.8. The molecule has 1 aliphatic heterocycles. The predicted octanol–water partition coefficient (Wildman–Crippen LogP) is 2.06. The van der Waals surface area contributed by atoms with Crippen LogP contribution in [0.4, 0.5) is 0 Å². The van der Waals surface area contributed by atoms with Gasteiger partial charge in [-0.15, -0.1) is 0 Å². The van der Waals surface area contributed by atoms with Crippen molar-refractivity contribution in [1.82, 2.24) is 10.2 Å². The fourth-order valence-corrected chi connectivity index (χ4v) is 2.76. The second kappa shape index (κ2) is 7.79. The van der Waals surface area contributed by atoms with Crippen LogP contribution < -0.4 is 5.32 Å². The average Bonchev–Trinajstić information content (AvgIpc) is 2.58. The van der Waals surface area contributed by atoms with E-state index in [4.69, 9.17) is 0 Å². The molecule has 2 N–H and O–H groups in total. The fourth-order valence-electron chi connectivity index (χ4n) is 2.76. The summed E-state index contributed by atoms with van der Waals surface area (Å²) in [4.78, 5) is 26.5. The second-order valence-corrected chi connectivity index (χ2v) is 7.56. The van der Waals surface area contributed by atoms with Crippen LogP contribution in [0.5, 0.6) is 0 Å². The van der Waals surface area contributed by atoms with Gasteiger partial charge in [0.2, 0.25) is 5.91 Å². The predicted molar refractivity (Wildman–Crippen MR) is 93.5 cm³/mol. The molecule has 1 atom stereocenters. The first kappa shape index (κ1) is 18.5. The molecule has 1 aliphatic rings. The van der Waals surface area contributed by atoms with E-state index in [1.54, 1.807) is 0 Å². The maximum Gasteiger partial charge on any atom is 0.253 e. The Kier molecular flexibility index (Phi) is 5.99. The fraction of sp³-hybridized carbons (Fsp3) is 0.579. The SMILES string of the molecule is CC(C)(C)C(O)CNC(=O)C1CCN(C(=O)c2ccccc2)CC1. The zero-order valence-corrected chi connectivity index (χ0v) is 14.8. The number of amides is 2. The van der Waals surface area contributed by atoms with Gasteiger partial charge in [0, 0.05) is 31.1 Å². The van der Waals surface area contributed by atoms with E-state index < -0.39 is 6.10 Å². The lowest BCUT2D eigenvalue weighted by Gasteiger charge is -2.32. The highest BCUT2D eigenvalue weighted by Gasteiger charge is 2.29. The van der Waals surface area contributed by atoms with Gasteiger partial charge >= 0.3 is 0 Å². The molecule has 1 fully saturated rings. The Morgan fingerprint density at radius 1 is 1.21 bits per heavy atom. The number of hydrogen-bond donors (Lipinski definition) is 2. The number of nitrogens with one attached hydrogen (secondary N) is 1. The number of carbonyl (C=O) groups is 2. The van der Waals surface area contributed by atoms with E-state index in [0.29, 0.717) is 31.5 Å². The van der Waals surface area contributed by atoms with Gasteiger partial charge in [0.1, 0.15) is 0 Å². The first-order chi connectivity index (χ1) is 11.3. The minimum absolute atomic E-state index is 0.0230. The molecule has 2 rings (SSSR count). The van der Waals surface area contributed by atoms with Crippen LogP contribution in [-0.2, 0) is 4.79 Å². The summed E-state index contributed by atoms with van der Waals surface area (Å²) in [6, 6.07) is 9.23. The van der Waals surface area contributed by atoms with Crippen molar-refractivity contribution in [3.05, 3.63) is 35.9 Å². The Hall–Kier alpha value is -1.88. The second-order valence-electron chi connectivity index (χ2n) is 7.56. The summed E-state index contributed by atoms with van der Waals surface area (Å²) in [7, 11) is 0. The molecule has 0 spiro atoms. The van der Waals surface area contributed by atoms with Crippen LogP contribution in [0.25, 0.3) is 0 Å². The van der Waals surface area contributed by atoms with Gasteiger partial charge in [0.25, 0.3) is 5.91 Å². The lowest BCUT2D eigenvalue weighted by atomic mass is 9.89. The van der Waals surface area contributed by atoms with Gasteiger partial charge in [-0.3, -0.25) is 9.59 Å². The summed E-state index contributed by atoms with van der Waals surface area (Å²) in [6.45, 7) is 7.28. The smallest absolute Gasteiger partial charge is 0.253 e. The highest BCUT2D eigenvalue weighted by Crippen LogP contribution is 2.21. The van der Waals surface area contributed by atoms with Crippen LogP contribution in [0.1, 0.15) is 44.0 Å². The molecule has 0 aliphatic carbocycles. The Bertz CT molecular complexity index is 558. The zero-order chi connectivity index (χ0) is 17.7. The van der Waals surface area contributed by atoms with Gasteiger partial charge in [-0.2, -0.15) is 0 Å². The Morgan fingerprint density at radius 3 is 2.33 bits per heavy atom. The number of benzene rings is 1. The number of carbonyl (C=O) groups excluding carboxylic acids is 2. The number of hydrogen-bond acceptors (Lipinski definition) is 3. The van der Waals surface area contributed by atoms with Crippen LogP contribution in [0.15, 0.2) is 30.3 Å². The Labute approximate surface area is 144 Å². The first-order valence-corrected chi connectivity index (χ1v) is 8.59. The molecular formula is C19H28N2O3. The molecule has 1 unspecified atom stereocenters. The molecule has 0 radical (unpaired) electrons. The molecule has 1 aromatic carbocycles. The van der Waals surface area contributed by atoms with E-state index in [9.17, 15) is 14.7 Å². The number of aliphatic hydroxyl groups excluding tert-OH is 1. The molecule has 24 heavy (non-hydrogen) atoms. The third-order valence-corrected chi connectivity index (χ3v) is 4.64. The topological polar surface area (TPSA) is 69.6 Å². The van der Waals surface area contributed by atoms with Gasteiger partial charge in [-0.05, 0) is 30.4 Å². The molecule has 0 bridgehead atoms. The third kappa shape index (κ3) is 4.81. The highest BCUT2D eigenvalue weighted by molar-refractivity contribution is 5.94. The van der Waals surface area contributed by atoms with Gasteiger partial charge in [0.05, 0.1) is 6.10 Å². The Balaban J connectivity index is 1.80. The van der Waals surface area contributed by atoms with Gasteiger partial charge < -0.3 is 15.3 Å². The first-order valence-electron chi connectivity index (χ1n) is 8.59. The number of nitrogens with zero attached hydrogens (tertiary/aromatic N) is 1.